The van der Waals surface area contributed by atoms with Crippen LogP contribution < -0.4 is 11.1 Å². The Morgan fingerprint density at radius 3 is 2.33 bits per heavy atom. The van der Waals surface area contributed by atoms with E-state index in [4.69, 9.17) is 5.73 Å². The molecule has 0 amide bonds. The van der Waals surface area contributed by atoms with Crippen molar-refractivity contribution in [3.05, 3.63) is 65.0 Å². The third-order valence-corrected chi connectivity index (χ3v) is 2.91. The number of hydrogen-bond donors (Lipinski definition) is 2. The van der Waals surface area contributed by atoms with Crippen molar-refractivity contribution in [3.8, 4) is 0 Å². The van der Waals surface area contributed by atoms with Gasteiger partial charge in [0.2, 0.25) is 0 Å². The lowest BCUT2D eigenvalue weighted by Crippen LogP contribution is -2.01. The van der Waals surface area contributed by atoms with E-state index in [1.54, 1.807) is 13.0 Å². The molecule has 94 valence electrons. The molecule has 0 radical (unpaired) electrons. The van der Waals surface area contributed by atoms with Gasteiger partial charge in [0.05, 0.1) is 0 Å². The van der Waals surface area contributed by atoms with Crippen LogP contribution in [0.3, 0.4) is 0 Å². The topological polar surface area (TPSA) is 38.0 Å². The number of aryl methyl sites for hydroxylation is 1. The summed E-state index contributed by atoms with van der Waals surface area (Å²) in [4.78, 5) is 0. The average Bonchev–Trinajstić information content (AvgIpc) is 2.41. The first-order valence-electron chi connectivity index (χ1n) is 5.97. The van der Waals surface area contributed by atoms with Gasteiger partial charge in [0.15, 0.2) is 0 Å². The summed E-state index contributed by atoms with van der Waals surface area (Å²) in [6, 6.07) is 13.2. The zero-order chi connectivity index (χ0) is 13.0. The monoisotopic (exact) mass is 244 g/mol. The molecule has 0 saturated carbocycles. The first kappa shape index (κ1) is 12.6. The van der Waals surface area contributed by atoms with E-state index in [1.165, 1.54) is 11.6 Å². The molecule has 0 aliphatic rings. The van der Waals surface area contributed by atoms with E-state index in [2.05, 4.69) is 5.32 Å². The van der Waals surface area contributed by atoms with Crippen LogP contribution in [0.4, 0.5) is 10.1 Å². The molecule has 2 rings (SSSR count). The highest BCUT2D eigenvalue weighted by atomic mass is 19.1. The Hall–Kier alpha value is -1.87. The number of rotatable bonds is 4. The number of benzene rings is 2. The molecule has 0 unspecified atom stereocenters. The van der Waals surface area contributed by atoms with Crippen LogP contribution in [-0.4, -0.2) is 0 Å². The van der Waals surface area contributed by atoms with Gasteiger partial charge >= 0.3 is 0 Å². The molecular weight excluding hydrogens is 227 g/mol. The van der Waals surface area contributed by atoms with Gasteiger partial charge in [-0.05, 0) is 41.8 Å². The standard InChI is InChI=1S/C15H17FN2/c1-11-8-14(6-7-15(11)16)18-10-13-4-2-12(9-17)3-5-13/h2-8,18H,9-10,17H2,1H3. The van der Waals surface area contributed by atoms with Crippen LogP contribution in [0.25, 0.3) is 0 Å². The molecular formula is C15H17FN2. The predicted molar refractivity (Wildman–Crippen MR) is 72.8 cm³/mol. The molecule has 0 aromatic heterocycles. The fourth-order valence-corrected chi connectivity index (χ4v) is 1.75. The van der Waals surface area contributed by atoms with Crippen molar-refractivity contribution in [1.29, 1.82) is 0 Å². The van der Waals surface area contributed by atoms with Gasteiger partial charge in [-0.25, -0.2) is 4.39 Å². The Morgan fingerprint density at radius 1 is 1.06 bits per heavy atom. The fourth-order valence-electron chi connectivity index (χ4n) is 1.75. The minimum absolute atomic E-state index is 0.173. The van der Waals surface area contributed by atoms with E-state index in [0.29, 0.717) is 12.1 Å². The second-order valence-corrected chi connectivity index (χ2v) is 4.34. The highest BCUT2D eigenvalue weighted by Crippen LogP contribution is 2.15. The summed E-state index contributed by atoms with van der Waals surface area (Å²) in [7, 11) is 0. The summed E-state index contributed by atoms with van der Waals surface area (Å²) in [5.41, 5.74) is 9.42. The highest BCUT2D eigenvalue weighted by molar-refractivity contribution is 5.46. The first-order valence-corrected chi connectivity index (χ1v) is 5.97. The second kappa shape index (κ2) is 5.65. The van der Waals surface area contributed by atoms with Gasteiger partial charge in [-0.2, -0.15) is 0 Å². The molecule has 0 saturated heterocycles. The molecule has 0 heterocycles. The second-order valence-electron chi connectivity index (χ2n) is 4.34. The van der Waals surface area contributed by atoms with Crippen LogP contribution >= 0.6 is 0 Å². The van der Waals surface area contributed by atoms with Crippen LogP contribution in [-0.2, 0) is 13.1 Å². The normalized spacial score (nSPS) is 10.4. The molecule has 0 bridgehead atoms. The maximum atomic E-state index is 13.1. The minimum atomic E-state index is -0.173. The van der Waals surface area contributed by atoms with Gasteiger partial charge < -0.3 is 11.1 Å². The number of hydrogen-bond acceptors (Lipinski definition) is 2. The molecule has 0 atom stereocenters. The zero-order valence-corrected chi connectivity index (χ0v) is 10.4. The summed E-state index contributed by atoms with van der Waals surface area (Å²) < 4.78 is 13.1. The molecule has 2 aromatic rings. The molecule has 3 heteroatoms. The van der Waals surface area contributed by atoms with E-state index in [-0.39, 0.29) is 5.82 Å². The summed E-state index contributed by atoms with van der Waals surface area (Å²) in [6.45, 7) is 3.04. The van der Waals surface area contributed by atoms with Crippen molar-refractivity contribution in [1.82, 2.24) is 0 Å². The summed E-state index contributed by atoms with van der Waals surface area (Å²) in [5, 5.41) is 3.27. The summed E-state index contributed by atoms with van der Waals surface area (Å²) in [5.74, 6) is -0.173. The Balaban J connectivity index is 1.99. The molecule has 0 aliphatic heterocycles. The van der Waals surface area contributed by atoms with Crippen molar-refractivity contribution < 1.29 is 4.39 Å². The van der Waals surface area contributed by atoms with Crippen molar-refractivity contribution in [2.75, 3.05) is 5.32 Å². The smallest absolute Gasteiger partial charge is 0.126 e. The first-order chi connectivity index (χ1) is 8.69. The molecule has 3 N–H and O–H groups in total. The number of nitrogens with two attached hydrogens (primary N) is 1. The fraction of sp³-hybridized carbons (Fsp3) is 0.200. The quantitative estimate of drug-likeness (QED) is 0.866. The third kappa shape index (κ3) is 3.08. The van der Waals surface area contributed by atoms with Gasteiger partial charge in [0, 0.05) is 18.8 Å². The van der Waals surface area contributed by atoms with E-state index in [0.717, 1.165) is 17.8 Å². The van der Waals surface area contributed by atoms with Gasteiger partial charge in [-0.3, -0.25) is 0 Å². The summed E-state index contributed by atoms with van der Waals surface area (Å²) >= 11 is 0. The van der Waals surface area contributed by atoms with Crippen LogP contribution in [0, 0.1) is 12.7 Å². The molecule has 2 nitrogen and oxygen atoms in total. The Labute approximate surface area is 107 Å². The predicted octanol–water partition coefficient (Wildman–Crippen LogP) is 3.20. The van der Waals surface area contributed by atoms with Crippen molar-refractivity contribution in [3.63, 3.8) is 0 Å². The van der Waals surface area contributed by atoms with Crippen LogP contribution in [0.15, 0.2) is 42.5 Å². The van der Waals surface area contributed by atoms with Crippen molar-refractivity contribution in [2.45, 2.75) is 20.0 Å². The van der Waals surface area contributed by atoms with Crippen molar-refractivity contribution in [2.24, 2.45) is 5.73 Å². The molecule has 18 heavy (non-hydrogen) atoms. The van der Waals surface area contributed by atoms with E-state index >= 15 is 0 Å². The van der Waals surface area contributed by atoms with E-state index in [9.17, 15) is 4.39 Å². The SMILES string of the molecule is Cc1cc(NCc2ccc(CN)cc2)ccc1F. The Bertz CT molecular complexity index is 521. The maximum absolute atomic E-state index is 13.1. The van der Waals surface area contributed by atoms with Gasteiger partial charge in [0.25, 0.3) is 0 Å². The van der Waals surface area contributed by atoms with Gasteiger partial charge in [0.1, 0.15) is 5.82 Å². The van der Waals surface area contributed by atoms with E-state index < -0.39 is 0 Å². The van der Waals surface area contributed by atoms with Gasteiger partial charge in [-0.1, -0.05) is 24.3 Å². The average molecular weight is 244 g/mol. The molecule has 2 aromatic carbocycles. The van der Waals surface area contributed by atoms with Crippen LogP contribution in [0.1, 0.15) is 16.7 Å². The molecule has 0 spiro atoms. The number of nitrogens with one attached hydrogen (secondary N) is 1. The maximum Gasteiger partial charge on any atom is 0.126 e. The van der Waals surface area contributed by atoms with Gasteiger partial charge in [-0.15, -0.1) is 0 Å². The molecule has 0 aliphatic carbocycles. The third-order valence-electron chi connectivity index (χ3n) is 2.91. The van der Waals surface area contributed by atoms with Crippen LogP contribution in [0.2, 0.25) is 0 Å². The van der Waals surface area contributed by atoms with Crippen LogP contribution in [0.5, 0.6) is 0 Å². The van der Waals surface area contributed by atoms with Crippen molar-refractivity contribution >= 4 is 5.69 Å². The highest BCUT2D eigenvalue weighted by Gasteiger charge is 1.99. The number of anilines is 1. The largest absolute Gasteiger partial charge is 0.381 e. The lowest BCUT2D eigenvalue weighted by Gasteiger charge is -2.08. The Morgan fingerprint density at radius 2 is 1.72 bits per heavy atom. The minimum Gasteiger partial charge on any atom is -0.381 e. The lowest BCUT2D eigenvalue weighted by molar-refractivity contribution is 0.618. The Kier molecular flexibility index (Phi) is 3.95. The summed E-state index contributed by atoms with van der Waals surface area (Å²) in [6.07, 6.45) is 0. The lowest BCUT2D eigenvalue weighted by atomic mass is 10.1. The molecule has 0 fully saturated rings. The number of halogens is 1. The van der Waals surface area contributed by atoms with E-state index in [1.807, 2.05) is 30.3 Å². The zero-order valence-electron chi connectivity index (χ0n) is 10.4.